The van der Waals surface area contributed by atoms with E-state index in [0.717, 1.165) is 31.4 Å². The van der Waals surface area contributed by atoms with Gasteiger partial charge in [-0.3, -0.25) is 0 Å². The van der Waals surface area contributed by atoms with Crippen molar-refractivity contribution >= 4 is 0 Å². The molecule has 1 aromatic rings. The Morgan fingerprint density at radius 1 is 1.32 bits per heavy atom. The van der Waals surface area contributed by atoms with Gasteiger partial charge in [-0.25, -0.2) is 0 Å². The van der Waals surface area contributed by atoms with Gasteiger partial charge < -0.3 is 14.8 Å². The lowest BCUT2D eigenvalue weighted by atomic mass is 9.88. The monoisotopic (exact) mass is 261 g/mol. The van der Waals surface area contributed by atoms with Crippen LogP contribution in [0.15, 0.2) is 24.3 Å². The van der Waals surface area contributed by atoms with E-state index >= 15 is 0 Å². The lowest BCUT2D eigenvalue weighted by Crippen LogP contribution is -2.48. The molecule has 1 saturated heterocycles. The van der Waals surface area contributed by atoms with Crippen molar-refractivity contribution in [2.24, 2.45) is 11.3 Å². The topological polar surface area (TPSA) is 30.5 Å². The lowest BCUT2D eigenvalue weighted by Gasteiger charge is -2.39. The Morgan fingerprint density at radius 3 is 2.47 bits per heavy atom. The highest BCUT2D eigenvalue weighted by atomic mass is 16.5. The molecular weight excluding hydrogens is 238 g/mol. The predicted octanol–water partition coefficient (Wildman–Crippen LogP) is 2.77. The second-order valence-corrected chi connectivity index (χ2v) is 6.27. The Hall–Kier alpha value is -1.06. The number of benzene rings is 1. The van der Waals surface area contributed by atoms with Crippen molar-refractivity contribution in [2.75, 3.05) is 26.9 Å². The second kappa shape index (κ2) is 5.14. The normalized spacial score (nSPS) is 22.6. The van der Waals surface area contributed by atoms with Crippen LogP contribution in [0.3, 0.4) is 0 Å². The van der Waals surface area contributed by atoms with Gasteiger partial charge in [0.05, 0.1) is 20.3 Å². The summed E-state index contributed by atoms with van der Waals surface area (Å²) in [6.45, 7) is 5.11. The molecule has 1 N–H and O–H groups in total. The minimum Gasteiger partial charge on any atom is -0.497 e. The minimum atomic E-state index is 0.333. The third kappa shape index (κ3) is 2.93. The van der Waals surface area contributed by atoms with Crippen LogP contribution in [0.2, 0.25) is 0 Å². The van der Waals surface area contributed by atoms with Crippen molar-refractivity contribution in [2.45, 2.75) is 25.8 Å². The highest BCUT2D eigenvalue weighted by molar-refractivity contribution is 5.30. The zero-order valence-corrected chi connectivity index (χ0v) is 11.8. The summed E-state index contributed by atoms with van der Waals surface area (Å²) in [4.78, 5) is 0. The number of hydrogen-bond donors (Lipinski definition) is 1. The van der Waals surface area contributed by atoms with Crippen molar-refractivity contribution in [3.8, 4) is 5.75 Å². The SMILES string of the molecule is COc1ccc(C(NCC2(C)COC2)C2CC2)cc1. The van der Waals surface area contributed by atoms with E-state index in [-0.39, 0.29) is 0 Å². The summed E-state index contributed by atoms with van der Waals surface area (Å²) >= 11 is 0. The van der Waals surface area contributed by atoms with Crippen LogP contribution in [0.25, 0.3) is 0 Å². The maximum atomic E-state index is 5.33. The Labute approximate surface area is 115 Å². The summed E-state index contributed by atoms with van der Waals surface area (Å²) in [5.74, 6) is 1.73. The average molecular weight is 261 g/mol. The maximum Gasteiger partial charge on any atom is 0.118 e. The van der Waals surface area contributed by atoms with Crippen LogP contribution in [0, 0.1) is 11.3 Å². The highest BCUT2D eigenvalue weighted by Crippen LogP contribution is 2.42. The number of hydrogen-bond acceptors (Lipinski definition) is 3. The molecule has 104 valence electrons. The zero-order valence-electron chi connectivity index (χ0n) is 11.8. The molecule has 3 heteroatoms. The molecule has 3 nitrogen and oxygen atoms in total. The van der Waals surface area contributed by atoms with Gasteiger partial charge in [0.15, 0.2) is 0 Å². The quantitative estimate of drug-likeness (QED) is 0.854. The van der Waals surface area contributed by atoms with Crippen LogP contribution < -0.4 is 10.1 Å². The molecular formula is C16H23NO2. The molecule has 0 spiro atoms. The first-order valence-corrected chi connectivity index (χ1v) is 7.15. The van der Waals surface area contributed by atoms with Crippen LogP contribution in [0.5, 0.6) is 5.75 Å². The summed E-state index contributed by atoms with van der Waals surface area (Å²) in [5.41, 5.74) is 1.71. The molecule has 1 aliphatic carbocycles. The van der Waals surface area contributed by atoms with Gasteiger partial charge >= 0.3 is 0 Å². The van der Waals surface area contributed by atoms with E-state index < -0.39 is 0 Å². The molecule has 1 aliphatic heterocycles. The van der Waals surface area contributed by atoms with Crippen LogP contribution in [-0.2, 0) is 4.74 Å². The van der Waals surface area contributed by atoms with Crippen LogP contribution in [0.1, 0.15) is 31.4 Å². The van der Waals surface area contributed by atoms with Crippen molar-refractivity contribution in [1.29, 1.82) is 0 Å². The predicted molar refractivity (Wildman–Crippen MR) is 75.4 cm³/mol. The van der Waals surface area contributed by atoms with Gasteiger partial charge in [0.2, 0.25) is 0 Å². The van der Waals surface area contributed by atoms with Crippen molar-refractivity contribution < 1.29 is 9.47 Å². The summed E-state index contributed by atoms with van der Waals surface area (Å²) in [5, 5.41) is 3.76. The third-order valence-electron chi connectivity index (χ3n) is 4.22. The molecule has 0 radical (unpaired) electrons. The van der Waals surface area contributed by atoms with Gasteiger partial charge in [-0.05, 0) is 36.5 Å². The van der Waals surface area contributed by atoms with Gasteiger partial charge in [0.1, 0.15) is 5.75 Å². The van der Waals surface area contributed by atoms with Crippen LogP contribution in [0.4, 0.5) is 0 Å². The Bertz CT molecular complexity index is 421. The fraction of sp³-hybridized carbons (Fsp3) is 0.625. The first-order valence-electron chi connectivity index (χ1n) is 7.15. The summed E-state index contributed by atoms with van der Waals surface area (Å²) < 4.78 is 10.6. The molecule has 1 aromatic carbocycles. The number of rotatable bonds is 6. The first-order chi connectivity index (χ1) is 9.20. The molecule has 1 atom stereocenters. The summed E-state index contributed by atoms with van der Waals surface area (Å²) in [6, 6.07) is 8.98. The minimum absolute atomic E-state index is 0.333. The van der Waals surface area contributed by atoms with Gasteiger partial charge in [0, 0.05) is 18.0 Å². The summed E-state index contributed by atoms with van der Waals surface area (Å²) in [7, 11) is 1.71. The third-order valence-corrected chi connectivity index (χ3v) is 4.22. The molecule has 3 rings (SSSR count). The van der Waals surface area contributed by atoms with E-state index in [0.29, 0.717) is 11.5 Å². The highest BCUT2D eigenvalue weighted by Gasteiger charge is 2.37. The standard InChI is InChI=1S/C16H23NO2/c1-16(10-19-11-16)9-17-15(12-3-4-12)13-5-7-14(18-2)8-6-13/h5-8,12,15,17H,3-4,9-11H2,1-2H3. The van der Waals surface area contributed by atoms with E-state index in [1.165, 1.54) is 18.4 Å². The number of ether oxygens (including phenoxy) is 2. The maximum absolute atomic E-state index is 5.33. The molecule has 2 aliphatic rings. The molecule has 0 amide bonds. The van der Waals surface area contributed by atoms with Crippen LogP contribution in [-0.4, -0.2) is 26.9 Å². The van der Waals surface area contributed by atoms with Crippen molar-refractivity contribution in [3.63, 3.8) is 0 Å². The molecule has 0 aromatic heterocycles. The van der Waals surface area contributed by atoms with Crippen molar-refractivity contribution in [1.82, 2.24) is 5.32 Å². The van der Waals surface area contributed by atoms with E-state index in [2.05, 4.69) is 36.5 Å². The fourth-order valence-electron chi connectivity index (χ4n) is 2.71. The lowest BCUT2D eigenvalue weighted by molar-refractivity contribution is -0.100. The van der Waals surface area contributed by atoms with E-state index in [4.69, 9.17) is 9.47 Å². The van der Waals surface area contributed by atoms with Gasteiger partial charge in [-0.1, -0.05) is 19.1 Å². The van der Waals surface area contributed by atoms with E-state index in [9.17, 15) is 0 Å². The Kier molecular flexibility index (Phi) is 3.50. The molecule has 2 fully saturated rings. The van der Waals surface area contributed by atoms with Gasteiger partial charge in [0.25, 0.3) is 0 Å². The Morgan fingerprint density at radius 2 is 2.00 bits per heavy atom. The van der Waals surface area contributed by atoms with E-state index in [1.807, 2.05) is 0 Å². The molecule has 0 bridgehead atoms. The number of methoxy groups -OCH3 is 1. The van der Waals surface area contributed by atoms with Crippen molar-refractivity contribution in [3.05, 3.63) is 29.8 Å². The molecule has 19 heavy (non-hydrogen) atoms. The molecule has 1 saturated carbocycles. The average Bonchev–Trinajstić information content (AvgIpc) is 3.22. The smallest absolute Gasteiger partial charge is 0.118 e. The molecule has 1 heterocycles. The molecule has 1 unspecified atom stereocenters. The van der Waals surface area contributed by atoms with Crippen LogP contribution >= 0.6 is 0 Å². The van der Waals surface area contributed by atoms with Gasteiger partial charge in [-0.2, -0.15) is 0 Å². The first kappa shape index (κ1) is 12.9. The zero-order chi connectivity index (χ0) is 13.3. The second-order valence-electron chi connectivity index (χ2n) is 6.27. The largest absolute Gasteiger partial charge is 0.497 e. The fourth-order valence-corrected chi connectivity index (χ4v) is 2.71. The Balaban J connectivity index is 1.65. The van der Waals surface area contributed by atoms with E-state index in [1.54, 1.807) is 7.11 Å². The summed E-state index contributed by atoms with van der Waals surface area (Å²) in [6.07, 6.45) is 2.69. The van der Waals surface area contributed by atoms with Gasteiger partial charge in [-0.15, -0.1) is 0 Å². The number of nitrogens with one attached hydrogen (secondary N) is 1.